The van der Waals surface area contributed by atoms with E-state index < -0.39 is 32.5 Å². The average Bonchev–Trinajstić information content (AvgIpc) is 3.32. The number of halogens is 2. The summed E-state index contributed by atoms with van der Waals surface area (Å²) in [5.74, 6) is -1.72. The summed E-state index contributed by atoms with van der Waals surface area (Å²) in [6.45, 7) is 1.99. The van der Waals surface area contributed by atoms with Gasteiger partial charge in [-0.3, -0.25) is 9.69 Å². The lowest BCUT2D eigenvalue weighted by molar-refractivity contribution is -0.117. The predicted octanol–water partition coefficient (Wildman–Crippen LogP) is 5.13. The molecule has 4 rings (SSSR count). The molecule has 0 saturated carbocycles. The van der Waals surface area contributed by atoms with E-state index in [-0.39, 0.29) is 10.0 Å². The van der Waals surface area contributed by atoms with Crippen molar-refractivity contribution in [2.24, 2.45) is 0 Å². The van der Waals surface area contributed by atoms with Crippen LogP contribution in [0.15, 0.2) is 64.1 Å². The highest BCUT2D eigenvalue weighted by Gasteiger charge is 2.48. The Kier molecular flexibility index (Phi) is 6.26. The Morgan fingerprint density at radius 1 is 1.03 bits per heavy atom. The van der Waals surface area contributed by atoms with E-state index >= 15 is 0 Å². The summed E-state index contributed by atoms with van der Waals surface area (Å²) in [4.78, 5) is 13.7. The topological polar surface area (TPSA) is 100 Å². The lowest BCUT2D eigenvalue weighted by Gasteiger charge is -2.24. The van der Waals surface area contributed by atoms with Crippen molar-refractivity contribution in [3.05, 3.63) is 79.8 Å². The van der Waals surface area contributed by atoms with E-state index in [4.69, 9.17) is 23.2 Å². The minimum atomic E-state index is -4.26. The number of aromatic nitrogens is 2. The van der Waals surface area contributed by atoms with Gasteiger partial charge in [-0.15, -0.1) is 10.2 Å². The van der Waals surface area contributed by atoms with Gasteiger partial charge in [0.15, 0.2) is 5.76 Å². The van der Waals surface area contributed by atoms with Gasteiger partial charge in [0, 0.05) is 16.5 Å². The molecular formula is C21H17Cl2N3O4S2. The van der Waals surface area contributed by atoms with Crippen LogP contribution >= 0.6 is 34.5 Å². The zero-order valence-corrected chi connectivity index (χ0v) is 19.8. The maximum absolute atomic E-state index is 13.5. The van der Waals surface area contributed by atoms with Crippen LogP contribution in [0.25, 0.3) is 0 Å². The van der Waals surface area contributed by atoms with Gasteiger partial charge in [-0.25, -0.2) is 8.42 Å². The zero-order valence-electron chi connectivity index (χ0n) is 16.7. The summed E-state index contributed by atoms with van der Waals surface area (Å²) >= 11 is 13.1. The monoisotopic (exact) mass is 509 g/mol. The Hall–Kier alpha value is -2.46. The van der Waals surface area contributed by atoms with Gasteiger partial charge in [0.2, 0.25) is 15.0 Å². The SMILES string of the molecule is CCCc1nnc(N2C(=O)C(O)=C(S(=O)(=O)c3ccc(Cl)cc3)[C@H]2c2ccc(Cl)cc2)s1. The van der Waals surface area contributed by atoms with Crippen LogP contribution in [0.1, 0.15) is 30.0 Å². The number of aryl methyl sites for hydroxylation is 1. The predicted molar refractivity (Wildman–Crippen MR) is 124 cm³/mol. The van der Waals surface area contributed by atoms with Gasteiger partial charge in [-0.05, 0) is 48.4 Å². The molecule has 1 amide bonds. The fourth-order valence-electron chi connectivity index (χ4n) is 3.40. The number of hydrogen-bond donors (Lipinski definition) is 1. The summed E-state index contributed by atoms with van der Waals surface area (Å²) in [5.41, 5.74) is 0.451. The molecule has 0 aliphatic carbocycles. The number of sulfone groups is 1. The Morgan fingerprint density at radius 3 is 2.22 bits per heavy atom. The molecule has 1 aromatic heterocycles. The van der Waals surface area contributed by atoms with Crippen molar-refractivity contribution < 1.29 is 18.3 Å². The molecule has 11 heteroatoms. The number of carbonyl (C=O) groups is 1. The van der Waals surface area contributed by atoms with Crippen LogP contribution in [0.5, 0.6) is 0 Å². The summed E-state index contributed by atoms with van der Waals surface area (Å²) in [7, 11) is -4.26. The Bertz CT molecular complexity index is 1300. The number of anilines is 1. The van der Waals surface area contributed by atoms with Gasteiger partial charge in [0.1, 0.15) is 16.0 Å². The van der Waals surface area contributed by atoms with E-state index in [9.17, 15) is 18.3 Å². The van der Waals surface area contributed by atoms with Crippen molar-refractivity contribution in [2.75, 3.05) is 4.90 Å². The van der Waals surface area contributed by atoms with Gasteiger partial charge >= 0.3 is 0 Å². The van der Waals surface area contributed by atoms with E-state index in [1.807, 2.05) is 6.92 Å². The molecule has 1 atom stereocenters. The van der Waals surface area contributed by atoms with Gasteiger partial charge in [0.25, 0.3) is 5.91 Å². The first kappa shape index (κ1) is 22.7. The molecular weight excluding hydrogens is 493 g/mol. The number of hydrogen-bond acceptors (Lipinski definition) is 7. The van der Waals surface area contributed by atoms with Crippen molar-refractivity contribution in [2.45, 2.75) is 30.7 Å². The van der Waals surface area contributed by atoms with Crippen LogP contribution < -0.4 is 4.90 Å². The first-order valence-electron chi connectivity index (χ1n) is 9.59. The minimum absolute atomic E-state index is 0.0963. The largest absolute Gasteiger partial charge is 0.502 e. The molecule has 0 radical (unpaired) electrons. The molecule has 1 aliphatic rings. The smallest absolute Gasteiger partial charge is 0.296 e. The molecule has 32 heavy (non-hydrogen) atoms. The van der Waals surface area contributed by atoms with Crippen molar-refractivity contribution >= 4 is 55.4 Å². The van der Waals surface area contributed by atoms with E-state index in [2.05, 4.69) is 10.2 Å². The quantitative estimate of drug-likeness (QED) is 0.494. The first-order chi connectivity index (χ1) is 15.2. The number of nitrogens with zero attached hydrogens (tertiary/aromatic N) is 3. The fraction of sp³-hybridized carbons (Fsp3) is 0.190. The van der Waals surface area contributed by atoms with Gasteiger partial charge in [-0.1, -0.05) is 53.6 Å². The van der Waals surface area contributed by atoms with Crippen molar-refractivity contribution in [3.63, 3.8) is 0 Å². The Balaban J connectivity index is 1.89. The normalized spacial score (nSPS) is 16.8. The molecule has 0 unspecified atom stereocenters. The standard InChI is InChI=1S/C21H17Cl2N3O4S2/c1-2-3-16-24-25-21(31-16)26-17(12-4-6-13(22)7-5-12)19(18(27)20(26)28)32(29,30)15-10-8-14(23)9-11-15/h4-11,17,27H,2-3H2,1H3/t17-/m1/s1. The molecule has 2 heterocycles. The summed E-state index contributed by atoms with van der Waals surface area (Å²) in [6, 6.07) is 10.8. The second-order valence-corrected chi connectivity index (χ2v) is 10.9. The third-order valence-electron chi connectivity index (χ3n) is 4.89. The summed E-state index contributed by atoms with van der Waals surface area (Å²) < 4.78 is 27.1. The number of carbonyl (C=O) groups excluding carboxylic acids is 1. The molecule has 7 nitrogen and oxygen atoms in total. The molecule has 2 aromatic carbocycles. The van der Waals surface area contributed by atoms with E-state index in [0.717, 1.165) is 11.3 Å². The van der Waals surface area contributed by atoms with Gasteiger partial charge in [0.05, 0.1) is 4.90 Å². The van der Waals surface area contributed by atoms with Crippen LogP contribution in [-0.4, -0.2) is 29.6 Å². The van der Waals surface area contributed by atoms with Gasteiger partial charge < -0.3 is 5.11 Å². The maximum Gasteiger partial charge on any atom is 0.296 e. The van der Waals surface area contributed by atoms with E-state index in [0.29, 0.717) is 27.0 Å². The second kappa shape index (κ2) is 8.82. The number of amides is 1. The van der Waals surface area contributed by atoms with Crippen molar-refractivity contribution in [1.29, 1.82) is 0 Å². The first-order valence-corrected chi connectivity index (χ1v) is 12.6. The van der Waals surface area contributed by atoms with Crippen molar-refractivity contribution in [3.8, 4) is 0 Å². The number of aliphatic hydroxyl groups is 1. The summed E-state index contributed by atoms with van der Waals surface area (Å²) in [5, 5.41) is 20.7. The molecule has 0 fully saturated rings. The van der Waals surface area contributed by atoms with Crippen LogP contribution in [0, 0.1) is 0 Å². The highest BCUT2D eigenvalue weighted by Crippen LogP contribution is 2.45. The molecule has 0 bridgehead atoms. The number of rotatable bonds is 6. The highest BCUT2D eigenvalue weighted by molar-refractivity contribution is 7.95. The fourth-order valence-corrected chi connectivity index (χ4v) is 6.24. The van der Waals surface area contributed by atoms with E-state index in [1.165, 1.54) is 35.6 Å². The summed E-state index contributed by atoms with van der Waals surface area (Å²) in [6.07, 6.45) is 1.50. The van der Waals surface area contributed by atoms with Crippen LogP contribution in [0.4, 0.5) is 5.13 Å². The van der Waals surface area contributed by atoms with Crippen LogP contribution in [0.3, 0.4) is 0 Å². The maximum atomic E-state index is 13.5. The number of benzene rings is 2. The van der Waals surface area contributed by atoms with Crippen molar-refractivity contribution in [1.82, 2.24) is 10.2 Å². The Labute approximate surface area is 198 Å². The highest BCUT2D eigenvalue weighted by atomic mass is 35.5. The lowest BCUT2D eigenvalue weighted by atomic mass is 10.1. The molecule has 1 N–H and O–H groups in total. The number of aliphatic hydroxyl groups excluding tert-OH is 1. The zero-order chi connectivity index (χ0) is 23.0. The van der Waals surface area contributed by atoms with Crippen LogP contribution in [0.2, 0.25) is 10.0 Å². The third kappa shape index (κ3) is 4.01. The average molecular weight is 510 g/mol. The molecule has 3 aromatic rings. The molecule has 0 saturated heterocycles. The third-order valence-corrected chi connectivity index (χ3v) is 8.26. The van der Waals surface area contributed by atoms with Gasteiger partial charge in [-0.2, -0.15) is 0 Å². The minimum Gasteiger partial charge on any atom is -0.502 e. The molecule has 166 valence electrons. The van der Waals surface area contributed by atoms with E-state index in [1.54, 1.807) is 24.3 Å². The van der Waals surface area contributed by atoms with Crippen LogP contribution in [-0.2, 0) is 21.1 Å². The lowest BCUT2D eigenvalue weighted by Crippen LogP contribution is -2.31. The molecule has 1 aliphatic heterocycles. The molecule has 0 spiro atoms. The Morgan fingerprint density at radius 2 is 1.62 bits per heavy atom. The second-order valence-electron chi connectivity index (χ2n) is 7.03.